The molecule has 1 heterocycles. The third-order valence-corrected chi connectivity index (χ3v) is 2.36. The third-order valence-electron chi connectivity index (χ3n) is 2.36. The number of methoxy groups -OCH3 is 2. The molecule has 0 aromatic carbocycles. The Hall–Kier alpha value is -1.54. The summed E-state index contributed by atoms with van der Waals surface area (Å²) in [5.41, 5.74) is 2.69. The van der Waals surface area contributed by atoms with Crippen molar-refractivity contribution in [3.8, 4) is 0 Å². The molecule has 0 aromatic heterocycles. The Morgan fingerprint density at radius 1 is 1.25 bits per heavy atom. The van der Waals surface area contributed by atoms with E-state index < -0.39 is 0 Å². The molecule has 1 aliphatic rings. The fraction of sp³-hybridized carbons (Fsp3) is 0.583. The highest BCUT2D eigenvalue weighted by Crippen LogP contribution is 2.17. The maximum Gasteiger partial charge on any atom is 0.214 e. The van der Waals surface area contributed by atoms with Crippen LogP contribution in [0.5, 0.6) is 0 Å². The van der Waals surface area contributed by atoms with Crippen LogP contribution in [-0.4, -0.2) is 38.1 Å². The number of nitrogens with zero attached hydrogens (tertiary/aromatic N) is 2. The van der Waals surface area contributed by atoms with Gasteiger partial charge in [-0.2, -0.15) is 0 Å². The van der Waals surface area contributed by atoms with Crippen molar-refractivity contribution in [1.82, 2.24) is 0 Å². The smallest absolute Gasteiger partial charge is 0.214 e. The van der Waals surface area contributed by atoms with Gasteiger partial charge in [0.25, 0.3) is 0 Å². The summed E-state index contributed by atoms with van der Waals surface area (Å²) in [5.74, 6) is 1.53. The largest absolute Gasteiger partial charge is 0.483 e. The summed E-state index contributed by atoms with van der Waals surface area (Å²) in [5, 5.41) is 0. The van der Waals surface area contributed by atoms with Gasteiger partial charge in [0.1, 0.15) is 6.04 Å². The van der Waals surface area contributed by atoms with Crippen molar-refractivity contribution in [1.29, 1.82) is 0 Å². The molecule has 16 heavy (non-hydrogen) atoms. The highest BCUT2D eigenvalue weighted by Gasteiger charge is 2.29. The molecule has 0 fully saturated rings. The van der Waals surface area contributed by atoms with E-state index in [9.17, 15) is 0 Å². The van der Waals surface area contributed by atoms with E-state index >= 15 is 0 Å². The van der Waals surface area contributed by atoms with E-state index in [0.717, 1.165) is 0 Å². The van der Waals surface area contributed by atoms with Crippen LogP contribution >= 0.6 is 0 Å². The summed E-state index contributed by atoms with van der Waals surface area (Å²) in [6.07, 6.45) is 1.71. The Morgan fingerprint density at radius 3 is 2.31 bits per heavy atom. The molecule has 0 aromatic rings. The van der Waals surface area contributed by atoms with Gasteiger partial charge in [-0.15, -0.1) is 5.73 Å². The summed E-state index contributed by atoms with van der Waals surface area (Å²) in [6, 6.07) is -0.345. The van der Waals surface area contributed by atoms with E-state index in [2.05, 4.69) is 36.1 Å². The van der Waals surface area contributed by atoms with Crippen molar-refractivity contribution >= 4 is 11.8 Å². The van der Waals surface area contributed by atoms with Crippen molar-refractivity contribution < 1.29 is 9.47 Å². The average Bonchev–Trinajstić information content (AvgIpc) is 2.28. The van der Waals surface area contributed by atoms with Gasteiger partial charge in [-0.1, -0.05) is 20.4 Å². The summed E-state index contributed by atoms with van der Waals surface area (Å²) in [7, 11) is 3.20. The van der Waals surface area contributed by atoms with E-state index in [4.69, 9.17) is 9.47 Å². The molecule has 0 radical (unpaired) electrons. The second-order valence-corrected chi connectivity index (χ2v) is 3.85. The number of rotatable bonds is 2. The van der Waals surface area contributed by atoms with Crippen molar-refractivity contribution in [3.05, 3.63) is 18.4 Å². The first kappa shape index (κ1) is 12.5. The summed E-state index contributed by atoms with van der Waals surface area (Å²) in [4.78, 5) is 8.92. The van der Waals surface area contributed by atoms with Gasteiger partial charge in [-0.05, 0) is 12.0 Å². The van der Waals surface area contributed by atoms with Gasteiger partial charge in [-0.25, -0.2) is 9.98 Å². The topological polar surface area (TPSA) is 43.2 Å². The van der Waals surface area contributed by atoms with Crippen LogP contribution in [0.4, 0.5) is 0 Å². The molecule has 2 atom stereocenters. The summed E-state index contributed by atoms with van der Waals surface area (Å²) >= 11 is 0. The Labute approximate surface area is 96.4 Å². The van der Waals surface area contributed by atoms with E-state index in [1.165, 1.54) is 0 Å². The Kier molecular flexibility index (Phi) is 4.32. The quantitative estimate of drug-likeness (QED) is 0.669. The maximum absolute atomic E-state index is 5.25. The first-order valence-corrected chi connectivity index (χ1v) is 5.23. The molecule has 0 N–H and O–H groups in total. The average molecular weight is 222 g/mol. The van der Waals surface area contributed by atoms with Gasteiger partial charge in [0.2, 0.25) is 11.8 Å². The van der Waals surface area contributed by atoms with Crippen LogP contribution < -0.4 is 0 Å². The van der Waals surface area contributed by atoms with E-state index in [0.29, 0.717) is 17.7 Å². The predicted octanol–water partition coefficient (Wildman–Crippen LogP) is 1.82. The zero-order chi connectivity index (χ0) is 12.1. The van der Waals surface area contributed by atoms with Gasteiger partial charge in [0.15, 0.2) is 6.04 Å². The van der Waals surface area contributed by atoms with Crippen LogP contribution in [0.2, 0.25) is 0 Å². The van der Waals surface area contributed by atoms with Gasteiger partial charge < -0.3 is 9.47 Å². The number of ether oxygens (including phenoxy) is 2. The lowest BCUT2D eigenvalue weighted by molar-refractivity contribution is 0.338. The van der Waals surface area contributed by atoms with E-state index in [1.807, 2.05) is 0 Å². The normalized spacial score (nSPS) is 24.3. The molecule has 88 valence electrons. The number of hydrogen-bond acceptors (Lipinski definition) is 4. The highest BCUT2D eigenvalue weighted by atomic mass is 16.5. The van der Waals surface area contributed by atoms with Gasteiger partial charge in [-0.3, -0.25) is 0 Å². The molecular formula is C12H18N2O2. The van der Waals surface area contributed by atoms with Gasteiger partial charge in [0, 0.05) is 0 Å². The molecule has 0 aliphatic carbocycles. The van der Waals surface area contributed by atoms with Crippen LogP contribution in [-0.2, 0) is 9.47 Å². The minimum atomic E-state index is -0.271. The maximum atomic E-state index is 5.25. The van der Waals surface area contributed by atoms with Crippen molar-refractivity contribution in [2.45, 2.75) is 25.9 Å². The molecule has 0 unspecified atom stereocenters. The lowest BCUT2D eigenvalue weighted by Crippen LogP contribution is -2.36. The van der Waals surface area contributed by atoms with Gasteiger partial charge >= 0.3 is 0 Å². The Bertz CT molecular complexity index is 352. The zero-order valence-electron chi connectivity index (χ0n) is 10.2. The monoisotopic (exact) mass is 222 g/mol. The Morgan fingerprint density at radius 2 is 1.88 bits per heavy atom. The SMILES string of the molecule is C=C=C[C@H]1N=C(OC)[C@H](C(C)C)N=C1OC. The van der Waals surface area contributed by atoms with Crippen LogP contribution in [0.1, 0.15) is 13.8 Å². The van der Waals surface area contributed by atoms with Crippen LogP contribution in [0.25, 0.3) is 0 Å². The molecule has 0 bridgehead atoms. The lowest BCUT2D eigenvalue weighted by atomic mass is 10.0. The predicted molar refractivity (Wildman–Crippen MR) is 65.0 cm³/mol. The zero-order valence-corrected chi connectivity index (χ0v) is 10.2. The van der Waals surface area contributed by atoms with E-state index in [-0.39, 0.29) is 12.1 Å². The molecule has 0 saturated carbocycles. The number of aliphatic imine (C=N–C) groups is 2. The first-order chi connectivity index (χ1) is 7.63. The molecular weight excluding hydrogens is 204 g/mol. The molecule has 0 saturated heterocycles. The molecule has 0 spiro atoms. The standard InChI is InChI=1S/C12H18N2O2/c1-6-7-9-11(15-4)14-10(8(2)3)12(13-9)16-5/h7-10H,1H2,2-5H3/t9-,10+/m1/s1. The van der Waals surface area contributed by atoms with Crippen molar-refractivity contribution in [2.24, 2.45) is 15.9 Å². The first-order valence-electron chi connectivity index (χ1n) is 5.23. The summed E-state index contributed by atoms with van der Waals surface area (Å²) < 4.78 is 10.5. The van der Waals surface area contributed by atoms with E-state index in [1.54, 1.807) is 20.3 Å². The van der Waals surface area contributed by atoms with Crippen LogP contribution in [0.15, 0.2) is 28.4 Å². The van der Waals surface area contributed by atoms with Crippen molar-refractivity contribution in [3.63, 3.8) is 0 Å². The molecule has 1 rings (SSSR count). The fourth-order valence-electron chi connectivity index (χ4n) is 1.54. The van der Waals surface area contributed by atoms with Crippen molar-refractivity contribution in [2.75, 3.05) is 14.2 Å². The fourth-order valence-corrected chi connectivity index (χ4v) is 1.54. The second-order valence-electron chi connectivity index (χ2n) is 3.85. The molecule has 0 amide bonds. The lowest BCUT2D eigenvalue weighted by Gasteiger charge is -2.25. The highest BCUT2D eigenvalue weighted by molar-refractivity contribution is 5.95. The van der Waals surface area contributed by atoms with Crippen LogP contribution in [0.3, 0.4) is 0 Å². The Balaban J connectivity index is 3.05. The minimum Gasteiger partial charge on any atom is -0.483 e. The third kappa shape index (κ3) is 2.52. The minimum absolute atomic E-state index is 0.0746. The van der Waals surface area contributed by atoms with Crippen LogP contribution in [0, 0.1) is 5.92 Å². The second kappa shape index (κ2) is 5.52. The molecule has 1 aliphatic heterocycles. The summed E-state index contributed by atoms with van der Waals surface area (Å²) in [6.45, 7) is 7.67. The van der Waals surface area contributed by atoms with Gasteiger partial charge in [0.05, 0.1) is 14.2 Å². The number of hydrogen-bond donors (Lipinski definition) is 0. The molecule has 4 nitrogen and oxygen atoms in total. The molecule has 4 heteroatoms.